The van der Waals surface area contributed by atoms with Crippen molar-refractivity contribution in [3.05, 3.63) is 131 Å². The smallest absolute Gasteiger partial charge is 0.255 e. The lowest BCUT2D eigenvalue weighted by Gasteiger charge is -2.43. The van der Waals surface area contributed by atoms with Crippen molar-refractivity contribution in [3.63, 3.8) is 0 Å². The van der Waals surface area contributed by atoms with Crippen LogP contribution in [0.2, 0.25) is 0 Å². The Morgan fingerprint density at radius 1 is 0.805 bits per heavy atom. The van der Waals surface area contributed by atoms with Crippen LogP contribution in [-0.4, -0.2) is 11.8 Å². The Bertz CT molecular complexity index is 1590. The number of anilines is 2. The van der Waals surface area contributed by atoms with Crippen LogP contribution in [-0.2, 0) is 0 Å². The number of para-hydroxylation sites is 1. The third-order valence-electron chi connectivity index (χ3n) is 9.58. The number of carbonyl (C=O) groups is 2. The van der Waals surface area contributed by atoms with Crippen LogP contribution in [0.1, 0.15) is 81.6 Å². The number of hydrogen-bond donors (Lipinski definition) is 3. The summed E-state index contributed by atoms with van der Waals surface area (Å²) in [7, 11) is 0. The molecule has 1 heterocycles. The van der Waals surface area contributed by atoms with Crippen LogP contribution in [0.3, 0.4) is 0 Å². The maximum absolute atomic E-state index is 13.6. The molecule has 2 aliphatic carbocycles. The van der Waals surface area contributed by atoms with Gasteiger partial charge in [-0.2, -0.15) is 0 Å². The zero-order valence-electron chi connectivity index (χ0n) is 23.2. The fraction of sp³-hybridized carbons (Fsp3) is 0.278. The first-order chi connectivity index (χ1) is 20.1. The van der Waals surface area contributed by atoms with E-state index in [2.05, 4.69) is 58.4 Å². The molecule has 1 aliphatic heterocycles. The van der Waals surface area contributed by atoms with E-state index in [0.29, 0.717) is 40.6 Å². The summed E-state index contributed by atoms with van der Waals surface area (Å²) >= 11 is 0. The van der Waals surface area contributed by atoms with E-state index in [4.69, 9.17) is 0 Å². The Hall–Kier alpha value is -4.38. The van der Waals surface area contributed by atoms with E-state index in [0.717, 1.165) is 17.2 Å². The highest BCUT2D eigenvalue weighted by molar-refractivity contribution is 6.09. The first-order valence-corrected chi connectivity index (χ1v) is 14.8. The second-order valence-corrected chi connectivity index (χ2v) is 11.9. The predicted octanol–water partition coefficient (Wildman–Crippen LogP) is 7.73. The van der Waals surface area contributed by atoms with Crippen molar-refractivity contribution in [2.24, 2.45) is 17.8 Å². The third-order valence-corrected chi connectivity index (χ3v) is 9.58. The van der Waals surface area contributed by atoms with Crippen LogP contribution in [0.15, 0.2) is 103 Å². The summed E-state index contributed by atoms with van der Waals surface area (Å²) in [5, 5.41) is 9.96. The molecular weight excluding hydrogens is 506 g/mol. The normalized spacial score (nSPS) is 24.5. The first kappa shape index (κ1) is 25.6. The van der Waals surface area contributed by atoms with Gasteiger partial charge in [0.1, 0.15) is 0 Å². The molecule has 3 N–H and O–H groups in total. The topological polar surface area (TPSA) is 70.2 Å². The summed E-state index contributed by atoms with van der Waals surface area (Å²) in [6.07, 6.45) is 3.85. The zero-order chi connectivity index (χ0) is 27.9. The lowest BCUT2D eigenvalue weighted by molar-refractivity contribution is 0.0940. The number of benzene rings is 4. The van der Waals surface area contributed by atoms with E-state index in [1.165, 1.54) is 30.4 Å². The molecule has 4 aromatic rings. The fourth-order valence-electron chi connectivity index (χ4n) is 7.70. The van der Waals surface area contributed by atoms with Gasteiger partial charge in [-0.1, -0.05) is 72.8 Å². The van der Waals surface area contributed by atoms with Crippen molar-refractivity contribution in [3.8, 4) is 0 Å². The van der Waals surface area contributed by atoms with Crippen molar-refractivity contribution >= 4 is 23.2 Å². The number of fused-ring (bicyclic) bond motifs is 7. The Morgan fingerprint density at radius 3 is 2.32 bits per heavy atom. The molecule has 6 atom stereocenters. The molecular formula is C36H35N3O2. The molecule has 5 nitrogen and oxygen atoms in total. The molecule has 2 amide bonds. The molecule has 0 saturated heterocycles. The van der Waals surface area contributed by atoms with Crippen LogP contribution in [0.4, 0.5) is 11.4 Å². The summed E-state index contributed by atoms with van der Waals surface area (Å²) < 4.78 is 0. The van der Waals surface area contributed by atoms with Crippen molar-refractivity contribution in [2.45, 2.75) is 44.2 Å². The molecule has 0 aromatic heterocycles. The molecule has 0 unspecified atom stereocenters. The molecule has 206 valence electrons. The van der Waals surface area contributed by atoms with E-state index < -0.39 is 0 Å². The summed E-state index contributed by atoms with van der Waals surface area (Å²) in [6.45, 7) is 1.96. The number of carbonyl (C=O) groups excluding carboxylic acids is 2. The molecule has 0 radical (unpaired) electrons. The molecule has 2 saturated carbocycles. The molecule has 0 spiro atoms. The molecule has 2 bridgehead atoms. The van der Waals surface area contributed by atoms with Crippen LogP contribution in [0.5, 0.6) is 0 Å². The standard InChI is InChI=1S/C36H35N3O2/c1-22(23-10-4-2-5-11-23)37-36(41)28-14-8-9-15-30(28)39-35(40)27-18-19-31-29(21-27)32-25-16-17-26(20-25)33(32)34(38-31)24-12-6-3-7-13-24/h2-15,18-19,21-22,25-26,32-34,38H,16-17,20H2,1H3,(H,37,41)(H,39,40)/t22-,25-,26-,32-,33-,34-/m0/s1. The average Bonchev–Trinajstić information content (AvgIpc) is 3.65. The van der Waals surface area contributed by atoms with Gasteiger partial charge in [-0.25, -0.2) is 0 Å². The summed E-state index contributed by atoms with van der Waals surface area (Å²) in [4.78, 5) is 26.8. The monoisotopic (exact) mass is 541 g/mol. The minimum absolute atomic E-state index is 0.157. The predicted molar refractivity (Wildman–Crippen MR) is 163 cm³/mol. The molecule has 41 heavy (non-hydrogen) atoms. The van der Waals surface area contributed by atoms with Crippen molar-refractivity contribution in [2.75, 3.05) is 10.6 Å². The summed E-state index contributed by atoms with van der Waals surface area (Å²) in [5.74, 6) is 1.97. The Balaban J connectivity index is 1.14. The number of rotatable bonds is 6. The lowest BCUT2D eigenvalue weighted by Crippen LogP contribution is -2.35. The van der Waals surface area contributed by atoms with Crippen LogP contribution >= 0.6 is 0 Å². The van der Waals surface area contributed by atoms with E-state index >= 15 is 0 Å². The summed E-state index contributed by atoms with van der Waals surface area (Å²) in [6, 6.07) is 34.1. The Kier molecular flexibility index (Phi) is 6.58. The fourth-order valence-corrected chi connectivity index (χ4v) is 7.70. The van der Waals surface area contributed by atoms with Crippen molar-refractivity contribution in [1.82, 2.24) is 5.32 Å². The van der Waals surface area contributed by atoms with Gasteiger partial charge in [-0.3, -0.25) is 9.59 Å². The zero-order valence-corrected chi connectivity index (χ0v) is 23.2. The third kappa shape index (κ3) is 4.69. The molecule has 5 heteroatoms. The molecule has 3 aliphatic rings. The highest BCUT2D eigenvalue weighted by Crippen LogP contribution is 2.63. The van der Waals surface area contributed by atoms with Crippen molar-refractivity contribution in [1.29, 1.82) is 0 Å². The van der Waals surface area contributed by atoms with Crippen molar-refractivity contribution < 1.29 is 9.59 Å². The first-order valence-electron chi connectivity index (χ1n) is 14.8. The van der Waals surface area contributed by atoms with Gasteiger partial charge in [0.25, 0.3) is 11.8 Å². The van der Waals surface area contributed by atoms with Gasteiger partial charge >= 0.3 is 0 Å². The number of nitrogens with one attached hydrogen (secondary N) is 3. The SMILES string of the molecule is C[C@H](NC(=O)c1ccccc1NC(=O)c1ccc2c(c1)[C@@H]1[C@H]3CC[C@@H](C3)[C@@H]1[C@H](c1ccccc1)N2)c1ccccc1. The van der Waals surface area contributed by atoms with Crippen LogP contribution in [0, 0.1) is 17.8 Å². The molecule has 4 aromatic carbocycles. The van der Waals surface area contributed by atoms with Gasteiger partial charge in [0.05, 0.1) is 23.3 Å². The minimum Gasteiger partial charge on any atom is -0.378 e. The van der Waals surface area contributed by atoms with E-state index in [1.54, 1.807) is 12.1 Å². The maximum Gasteiger partial charge on any atom is 0.255 e. The number of hydrogen-bond acceptors (Lipinski definition) is 3. The highest BCUT2D eigenvalue weighted by Gasteiger charge is 2.53. The van der Waals surface area contributed by atoms with Gasteiger partial charge < -0.3 is 16.0 Å². The Morgan fingerprint density at radius 2 is 1.51 bits per heavy atom. The van der Waals surface area contributed by atoms with Gasteiger partial charge in [0, 0.05) is 11.3 Å². The average molecular weight is 542 g/mol. The minimum atomic E-state index is -0.219. The summed E-state index contributed by atoms with van der Waals surface area (Å²) in [5.41, 5.74) is 6.36. The Labute approximate surface area is 241 Å². The lowest BCUT2D eigenvalue weighted by atomic mass is 9.68. The maximum atomic E-state index is 13.6. The largest absolute Gasteiger partial charge is 0.378 e. The second-order valence-electron chi connectivity index (χ2n) is 11.9. The highest BCUT2D eigenvalue weighted by atomic mass is 16.2. The second kappa shape index (κ2) is 10.5. The van der Waals surface area contributed by atoms with Gasteiger partial charge in [-0.15, -0.1) is 0 Å². The number of amides is 2. The van der Waals surface area contributed by atoms with Crippen LogP contribution in [0.25, 0.3) is 0 Å². The molecule has 2 fully saturated rings. The van der Waals surface area contributed by atoms with Crippen LogP contribution < -0.4 is 16.0 Å². The molecule has 7 rings (SSSR count). The van der Waals surface area contributed by atoms with Gasteiger partial charge in [-0.05, 0) is 96.9 Å². The van der Waals surface area contributed by atoms with E-state index in [1.807, 2.05) is 55.5 Å². The van der Waals surface area contributed by atoms with Gasteiger partial charge in [0.2, 0.25) is 0 Å². The quantitative estimate of drug-likeness (QED) is 0.234. The van der Waals surface area contributed by atoms with E-state index in [-0.39, 0.29) is 17.9 Å². The van der Waals surface area contributed by atoms with Gasteiger partial charge in [0.15, 0.2) is 0 Å². The van der Waals surface area contributed by atoms with E-state index in [9.17, 15) is 9.59 Å².